The number of benzene rings is 1. The third-order valence-corrected chi connectivity index (χ3v) is 4.95. The molecule has 0 unspecified atom stereocenters. The van der Waals surface area contributed by atoms with Crippen LogP contribution in [0.3, 0.4) is 0 Å². The average molecular weight is 354 g/mol. The monoisotopic (exact) mass is 354 g/mol. The predicted octanol–water partition coefficient (Wildman–Crippen LogP) is 4.01. The molecule has 0 saturated heterocycles. The highest BCUT2D eigenvalue weighted by Gasteiger charge is 2.19. The number of H-pyrrole nitrogens is 2. The molecule has 4 aromatic rings. The van der Waals surface area contributed by atoms with Crippen LogP contribution in [0.4, 0.5) is 0 Å². The van der Waals surface area contributed by atoms with Gasteiger partial charge in [-0.05, 0) is 35.9 Å². The maximum absolute atomic E-state index is 12.0. The lowest BCUT2D eigenvalue weighted by Gasteiger charge is -2.10. The summed E-state index contributed by atoms with van der Waals surface area (Å²) in [5, 5.41) is 4.07. The molecule has 3 N–H and O–H groups in total. The van der Waals surface area contributed by atoms with E-state index in [0.29, 0.717) is 6.54 Å². The minimum Gasteiger partial charge on any atom is -0.361 e. The minimum atomic E-state index is -0.00717. The highest BCUT2D eigenvalue weighted by atomic mass is 16.1. The van der Waals surface area contributed by atoms with Gasteiger partial charge in [-0.25, -0.2) is 0 Å². The number of fused-ring (bicyclic) bond motifs is 2. The minimum absolute atomic E-state index is 0.00717. The van der Waals surface area contributed by atoms with E-state index in [-0.39, 0.29) is 5.91 Å². The van der Waals surface area contributed by atoms with Gasteiger partial charge in [-0.15, -0.1) is 0 Å². The fourth-order valence-corrected chi connectivity index (χ4v) is 3.56. The van der Waals surface area contributed by atoms with Crippen molar-refractivity contribution in [2.75, 3.05) is 6.54 Å². The van der Waals surface area contributed by atoms with Crippen molar-refractivity contribution in [1.82, 2.24) is 20.3 Å². The van der Waals surface area contributed by atoms with Crippen LogP contribution in [0.25, 0.3) is 34.3 Å². The Balaban J connectivity index is 1.46. The molecule has 0 saturated carbocycles. The first kappa shape index (κ1) is 15.6. The fourth-order valence-electron chi connectivity index (χ4n) is 3.56. The van der Waals surface area contributed by atoms with Crippen LogP contribution in [0.15, 0.2) is 54.9 Å². The molecule has 1 aliphatic rings. The van der Waals surface area contributed by atoms with Gasteiger partial charge >= 0.3 is 0 Å². The van der Waals surface area contributed by atoms with E-state index < -0.39 is 0 Å². The third-order valence-electron chi connectivity index (χ3n) is 4.95. The molecule has 5 nitrogen and oxygen atoms in total. The first-order valence-corrected chi connectivity index (χ1v) is 8.99. The summed E-state index contributed by atoms with van der Waals surface area (Å²) in [6, 6.07) is 14.1. The van der Waals surface area contributed by atoms with Crippen LogP contribution in [0.5, 0.6) is 0 Å². The normalized spacial score (nSPS) is 13.9. The Morgan fingerprint density at radius 3 is 2.93 bits per heavy atom. The summed E-state index contributed by atoms with van der Waals surface area (Å²) >= 11 is 0. The number of aromatic nitrogens is 3. The molecule has 3 aromatic heterocycles. The summed E-state index contributed by atoms with van der Waals surface area (Å²) in [6.07, 6.45) is 8.71. The summed E-state index contributed by atoms with van der Waals surface area (Å²) < 4.78 is 0. The van der Waals surface area contributed by atoms with Crippen molar-refractivity contribution in [2.45, 2.75) is 6.42 Å². The molecule has 132 valence electrons. The van der Waals surface area contributed by atoms with Crippen LogP contribution in [-0.4, -0.2) is 27.4 Å². The standard InChI is InChI=1S/C22H18N4O/c27-22-18-12-21(26-20(18)8-10-24-22)14-7-9-23-16(11-14)6-5-15-13-25-19-4-2-1-3-17(15)19/h1-7,9,11-13,25-26H,8,10H2,(H,24,27)/b6-5+. The van der Waals surface area contributed by atoms with Crippen molar-refractivity contribution in [3.8, 4) is 11.3 Å². The second-order valence-electron chi connectivity index (χ2n) is 6.67. The van der Waals surface area contributed by atoms with Gasteiger partial charge in [-0.2, -0.15) is 0 Å². The van der Waals surface area contributed by atoms with Gasteiger partial charge in [-0.1, -0.05) is 24.3 Å². The molecule has 1 aromatic carbocycles. The Kier molecular flexibility index (Phi) is 3.64. The average Bonchev–Trinajstić information content (AvgIpc) is 3.32. The molecule has 0 spiro atoms. The second-order valence-corrected chi connectivity index (χ2v) is 6.67. The highest BCUT2D eigenvalue weighted by Crippen LogP contribution is 2.25. The van der Waals surface area contributed by atoms with E-state index >= 15 is 0 Å². The lowest BCUT2D eigenvalue weighted by Crippen LogP contribution is -2.31. The van der Waals surface area contributed by atoms with Crippen LogP contribution >= 0.6 is 0 Å². The smallest absolute Gasteiger partial charge is 0.253 e. The van der Waals surface area contributed by atoms with Crippen LogP contribution in [0, 0.1) is 0 Å². The Morgan fingerprint density at radius 2 is 2.00 bits per heavy atom. The van der Waals surface area contributed by atoms with E-state index in [4.69, 9.17) is 0 Å². The molecule has 0 bridgehead atoms. The molecule has 0 atom stereocenters. The van der Waals surface area contributed by atoms with Crippen LogP contribution < -0.4 is 5.32 Å². The maximum atomic E-state index is 12.0. The van der Waals surface area contributed by atoms with Gasteiger partial charge in [0.2, 0.25) is 0 Å². The summed E-state index contributed by atoms with van der Waals surface area (Å²) in [5.74, 6) is -0.00717. The van der Waals surface area contributed by atoms with E-state index in [0.717, 1.165) is 45.7 Å². The molecule has 27 heavy (non-hydrogen) atoms. The fraction of sp³-hybridized carbons (Fsp3) is 0.0909. The molecule has 0 aliphatic carbocycles. The van der Waals surface area contributed by atoms with Crippen molar-refractivity contribution < 1.29 is 4.79 Å². The Morgan fingerprint density at radius 1 is 1.07 bits per heavy atom. The van der Waals surface area contributed by atoms with Crippen molar-refractivity contribution in [1.29, 1.82) is 0 Å². The SMILES string of the molecule is O=C1NCCc2[nH]c(-c3ccnc(/C=C/c4c[nH]c5ccccc45)c3)cc21. The number of amides is 1. The summed E-state index contributed by atoms with van der Waals surface area (Å²) in [6.45, 7) is 0.681. The van der Waals surface area contributed by atoms with Gasteiger partial charge in [0.25, 0.3) is 5.91 Å². The number of carbonyl (C=O) groups excluding carboxylic acids is 1. The van der Waals surface area contributed by atoms with Crippen molar-refractivity contribution in [2.24, 2.45) is 0 Å². The van der Waals surface area contributed by atoms with E-state index in [2.05, 4.69) is 38.5 Å². The number of aromatic amines is 2. The third kappa shape index (κ3) is 2.83. The van der Waals surface area contributed by atoms with Gasteiger partial charge in [0.1, 0.15) is 0 Å². The van der Waals surface area contributed by atoms with Gasteiger partial charge in [0.05, 0.1) is 11.3 Å². The van der Waals surface area contributed by atoms with E-state index in [1.165, 1.54) is 5.39 Å². The lowest BCUT2D eigenvalue weighted by atomic mass is 10.1. The topological polar surface area (TPSA) is 73.6 Å². The summed E-state index contributed by atoms with van der Waals surface area (Å²) in [4.78, 5) is 23.1. The molecule has 0 fully saturated rings. The number of pyridine rings is 1. The summed E-state index contributed by atoms with van der Waals surface area (Å²) in [7, 11) is 0. The second kappa shape index (κ2) is 6.29. The largest absolute Gasteiger partial charge is 0.361 e. The number of para-hydroxylation sites is 1. The Bertz CT molecular complexity index is 1180. The van der Waals surface area contributed by atoms with Crippen LogP contribution in [0.1, 0.15) is 27.3 Å². The van der Waals surface area contributed by atoms with Crippen molar-refractivity contribution in [3.05, 3.63) is 77.4 Å². The zero-order valence-corrected chi connectivity index (χ0v) is 14.6. The zero-order chi connectivity index (χ0) is 18.2. The molecule has 1 amide bonds. The molecule has 1 aliphatic heterocycles. The molecular formula is C22H18N4O. The van der Waals surface area contributed by atoms with Gasteiger partial charge in [0.15, 0.2) is 0 Å². The predicted molar refractivity (Wildman–Crippen MR) is 107 cm³/mol. The number of hydrogen-bond donors (Lipinski definition) is 3. The van der Waals surface area contributed by atoms with Crippen LogP contribution in [-0.2, 0) is 6.42 Å². The van der Waals surface area contributed by atoms with Gasteiger partial charge < -0.3 is 15.3 Å². The van der Waals surface area contributed by atoms with E-state index in [9.17, 15) is 4.79 Å². The number of nitrogens with zero attached hydrogens (tertiary/aromatic N) is 1. The number of rotatable bonds is 3. The lowest BCUT2D eigenvalue weighted by molar-refractivity contribution is 0.0946. The molecule has 5 heteroatoms. The molecule has 4 heterocycles. The van der Waals surface area contributed by atoms with Crippen molar-refractivity contribution in [3.63, 3.8) is 0 Å². The number of carbonyl (C=O) groups is 1. The Hall–Kier alpha value is -3.60. The zero-order valence-electron chi connectivity index (χ0n) is 14.6. The van der Waals surface area contributed by atoms with Gasteiger partial charge in [0, 0.05) is 53.2 Å². The molecule has 0 radical (unpaired) electrons. The van der Waals surface area contributed by atoms with Crippen molar-refractivity contribution >= 4 is 29.0 Å². The first-order valence-electron chi connectivity index (χ1n) is 8.99. The highest BCUT2D eigenvalue weighted by molar-refractivity contribution is 5.98. The maximum Gasteiger partial charge on any atom is 0.253 e. The molecule has 5 rings (SSSR count). The number of nitrogens with one attached hydrogen (secondary N) is 3. The Labute approximate surface area is 156 Å². The summed E-state index contributed by atoms with van der Waals surface area (Å²) in [5.41, 5.74) is 6.83. The quantitative estimate of drug-likeness (QED) is 0.520. The first-order chi connectivity index (χ1) is 13.3. The van der Waals surface area contributed by atoms with E-state index in [1.54, 1.807) is 6.20 Å². The van der Waals surface area contributed by atoms with E-state index in [1.807, 2.05) is 42.6 Å². The number of hydrogen-bond acceptors (Lipinski definition) is 2. The molecular weight excluding hydrogens is 336 g/mol. The van der Waals surface area contributed by atoms with Crippen LogP contribution in [0.2, 0.25) is 0 Å². The van der Waals surface area contributed by atoms with Gasteiger partial charge in [-0.3, -0.25) is 9.78 Å².